The third kappa shape index (κ3) is 2.98. The Bertz CT molecular complexity index is 1390. The topological polar surface area (TPSA) is 52.0 Å². The minimum Gasteiger partial charge on any atom is -0.480 e. The molecule has 2 atom stereocenters. The van der Waals surface area contributed by atoms with Crippen molar-refractivity contribution in [1.29, 1.82) is 0 Å². The average molecular weight is 465 g/mol. The fourth-order valence-corrected chi connectivity index (χ4v) is 4.88. The van der Waals surface area contributed by atoms with Gasteiger partial charge in [-0.25, -0.2) is 9.07 Å². The van der Waals surface area contributed by atoms with Crippen molar-refractivity contribution in [3.63, 3.8) is 0 Å². The molecule has 3 aromatic carbocycles. The Labute approximate surface area is 193 Å². The summed E-state index contributed by atoms with van der Waals surface area (Å²) in [6.45, 7) is 0. The maximum absolute atomic E-state index is 14.3. The van der Waals surface area contributed by atoms with Gasteiger partial charge in [-0.1, -0.05) is 59.6 Å². The summed E-state index contributed by atoms with van der Waals surface area (Å²) in [4.78, 5) is 4.37. The van der Waals surface area contributed by atoms with Gasteiger partial charge in [-0.3, -0.25) is 0 Å². The predicted octanol–water partition coefficient (Wildman–Crippen LogP) is 6.28. The highest BCUT2D eigenvalue weighted by Gasteiger charge is 2.41. The number of nitrogens with one attached hydrogen (secondary N) is 1. The van der Waals surface area contributed by atoms with E-state index in [1.165, 1.54) is 18.5 Å². The monoisotopic (exact) mass is 464 g/mol. The highest BCUT2D eigenvalue weighted by atomic mass is 35.5. The van der Waals surface area contributed by atoms with Crippen LogP contribution in [0.2, 0.25) is 10.0 Å². The quantitative estimate of drug-likeness (QED) is 0.379. The lowest BCUT2D eigenvalue weighted by molar-refractivity contribution is 0.223. The zero-order valence-corrected chi connectivity index (χ0v) is 18.0. The second kappa shape index (κ2) is 7.36. The Morgan fingerprint density at radius 3 is 2.66 bits per heavy atom. The van der Waals surface area contributed by atoms with E-state index in [2.05, 4.69) is 15.4 Å². The van der Waals surface area contributed by atoms with Crippen molar-refractivity contribution in [2.45, 2.75) is 12.1 Å². The Kier molecular flexibility index (Phi) is 4.45. The number of nitrogens with zero attached hydrogens (tertiary/aromatic N) is 3. The van der Waals surface area contributed by atoms with E-state index < -0.39 is 6.10 Å². The Morgan fingerprint density at radius 1 is 1.00 bits per heavy atom. The molecule has 0 amide bonds. The number of halogens is 3. The van der Waals surface area contributed by atoms with E-state index in [1.807, 2.05) is 36.4 Å². The zero-order valence-electron chi connectivity index (χ0n) is 16.5. The molecule has 0 radical (unpaired) electrons. The van der Waals surface area contributed by atoms with E-state index in [-0.39, 0.29) is 11.9 Å². The molecule has 8 heteroatoms. The van der Waals surface area contributed by atoms with Crippen molar-refractivity contribution >= 4 is 34.8 Å². The third-order valence-electron chi connectivity index (χ3n) is 5.74. The molecule has 0 saturated heterocycles. The highest BCUT2D eigenvalue weighted by Crippen LogP contribution is 2.51. The number of anilines is 1. The molecule has 0 aliphatic carbocycles. The number of rotatable bonds is 2. The van der Waals surface area contributed by atoms with Crippen LogP contribution in [0.15, 0.2) is 78.6 Å². The zero-order chi connectivity index (χ0) is 21.8. The van der Waals surface area contributed by atoms with Gasteiger partial charge in [0.15, 0.2) is 6.10 Å². The lowest BCUT2D eigenvalue weighted by atomic mass is 9.84. The van der Waals surface area contributed by atoms with Crippen molar-refractivity contribution in [2.24, 2.45) is 0 Å². The molecular formula is C24H15Cl2FN4O. The SMILES string of the molecule is Fc1ccc2c(c1)C1=C([C@@H](c3ccc(Cl)cc3Cl)O2)[C@@H](c2ccccc2)n2ncnc2N1. The number of ether oxygens (including phenoxy) is 1. The van der Waals surface area contributed by atoms with Crippen molar-refractivity contribution < 1.29 is 9.13 Å². The molecule has 6 rings (SSSR count). The molecule has 2 aliphatic heterocycles. The summed E-state index contributed by atoms with van der Waals surface area (Å²) in [6.07, 6.45) is 0.941. The van der Waals surface area contributed by atoms with Crippen LogP contribution in [0.3, 0.4) is 0 Å². The molecule has 1 N–H and O–H groups in total. The van der Waals surface area contributed by atoms with E-state index >= 15 is 0 Å². The number of benzene rings is 3. The van der Waals surface area contributed by atoms with Gasteiger partial charge in [0.25, 0.3) is 0 Å². The minimum atomic E-state index is -0.553. The summed E-state index contributed by atoms with van der Waals surface area (Å²) in [5.74, 6) is 0.761. The summed E-state index contributed by atoms with van der Waals surface area (Å²) < 4.78 is 22.5. The lowest BCUT2D eigenvalue weighted by Gasteiger charge is -2.39. The first kappa shape index (κ1) is 19.3. The molecule has 2 aliphatic rings. The van der Waals surface area contributed by atoms with Gasteiger partial charge >= 0.3 is 0 Å². The first-order chi connectivity index (χ1) is 15.6. The van der Waals surface area contributed by atoms with E-state index in [0.717, 1.165) is 22.4 Å². The standard InChI is InChI=1S/C24H15Cl2FN4O/c25-14-6-8-16(18(26)10-14)23-20-21(17-11-15(27)7-9-19(17)32-23)30-24-28-12-29-31(24)22(20)13-4-2-1-3-5-13/h1-12,22-23H,(H,28,29,30)/t22-,23-/m1/s1. The molecule has 0 unspecified atom stereocenters. The van der Waals surface area contributed by atoms with E-state index in [0.29, 0.717) is 27.3 Å². The molecule has 1 aromatic heterocycles. The Morgan fingerprint density at radius 2 is 1.84 bits per heavy atom. The Balaban J connectivity index is 1.65. The van der Waals surface area contributed by atoms with E-state index in [4.69, 9.17) is 27.9 Å². The van der Waals surface area contributed by atoms with E-state index in [9.17, 15) is 4.39 Å². The number of hydrogen-bond acceptors (Lipinski definition) is 4. The highest BCUT2D eigenvalue weighted by molar-refractivity contribution is 6.35. The number of fused-ring (bicyclic) bond motifs is 3. The molecular weight excluding hydrogens is 450 g/mol. The number of hydrogen-bond donors (Lipinski definition) is 1. The first-order valence-electron chi connectivity index (χ1n) is 9.97. The third-order valence-corrected chi connectivity index (χ3v) is 6.30. The fourth-order valence-electron chi connectivity index (χ4n) is 4.37. The summed E-state index contributed by atoms with van der Waals surface area (Å²) in [7, 11) is 0. The molecule has 0 spiro atoms. The van der Waals surface area contributed by atoms with Crippen LogP contribution in [-0.4, -0.2) is 14.8 Å². The molecule has 0 fully saturated rings. The van der Waals surface area contributed by atoms with Crippen molar-refractivity contribution in [1.82, 2.24) is 14.8 Å². The van der Waals surface area contributed by atoms with Crippen LogP contribution in [0.4, 0.5) is 10.3 Å². The van der Waals surface area contributed by atoms with Gasteiger partial charge in [0.1, 0.15) is 23.9 Å². The maximum Gasteiger partial charge on any atom is 0.226 e. The van der Waals surface area contributed by atoms with Crippen molar-refractivity contribution in [3.8, 4) is 5.75 Å². The van der Waals surface area contributed by atoms with Gasteiger partial charge < -0.3 is 10.1 Å². The second-order valence-corrected chi connectivity index (χ2v) is 8.44. The average Bonchev–Trinajstić information content (AvgIpc) is 3.26. The second-order valence-electron chi connectivity index (χ2n) is 7.60. The summed E-state index contributed by atoms with van der Waals surface area (Å²) in [5, 5.41) is 8.83. The molecule has 158 valence electrons. The molecule has 32 heavy (non-hydrogen) atoms. The van der Waals surface area contributed by atoms with Crippen LogP contribution in [0.1, 0.15) is 28.8 Å². The lowest BCUT2D eigenvalue weighted by Crippen LogP contribution is -2.32. The normalized spacial score (nSPS) is 18.8. The van der Waals surface area contributed by atoms with Gasteiger partial charge in [-0.05, 0) is 35.9 Å². The fraction of sp³-hybridized carbons (Fsp3) is 0.0833. The van der Waals surface area contributed by atoms with Crippen LogP contribution in [0, 0.1) is 5.82 Å². The van der Waals surface area contributed by atoms with Gasteiger partial charge in [-0.15, -0.1) is 0 Å². The molecule has 0 bridgehead atoms. The van der Waals surface area contributed by atoms with Crippen LogP contribution in [-0.2, 0) is 0 Å². The van der Waals surface area contributed by atoms with Crippen molar-refractivity contribution in [3.05, 3.63) is 111 Å². The van der Waals surface area contributed by atoms with Crippen LogP contribution < -0.4 is 10.1 Å². The molecule has 3 heterocycles. The van der Waals surface area contributed by atoms with Gasteiger partial charge in [0.05, 0.1) is 5.70 Å². The molecule has 0 saturated carbocycles. The van der Waals surface area contributed by atoms with Crippen LogP contribution >= 0.6 is 23.2 Å². The Hall–Kier alpha value is -3.35. The van der Waals surface area contributed by atoms with Gasteiger partial charge in [0, 0.05) is 26.7 Å². The minimum absolute atomic E-state index is 0.335. The summed E-state index contributed by atoms with van der Waals surface area (Å²) >= 11 is 12.8. The maximum atomic E-state index is 14.3. The molecule has 5 nitrogen and oxygen atoms in total. The van der Waals surface area contributed by atoms with Gasteiger partial charge in [-0.2, -0.15) is 10.1 Å². The summed E-state index contributed by atoms with van der Waals surface area (Å²) in [6, 6.07) is 19.4. The predicted molar refractivity (Wildman–Crippen MR) is 121 cm³/mol. The van der Waals surface area contributed by atoms with Crippen LogP contribution in [0.5, 0.6) is 5.75 Å². The van der Waals surface area contributed by atoms with Crippen molar-refractivity contribution in [2.75, 3.05) is 5.32 Å². The number of aromatic nitrogens is 3. The van der Waals surface area contributed by atoms with Crippen LogP contribution in [0.25, 0.3) is 5.70 Å². The largest absolute Gasteiger partial charge is 0.480 e. The summed E-state index contributed by atoms with van der Waals surface area (Å²) in [5.41, 5.74) is 3.96. The first-order valence-corrected chi connectivity index (χ1v) is 10.7. The van der Waals surface area contributed by atoms with E-state index in [1.54, 1.807) is 22.9 Å². The van der Waals surface area contributed by atoms with Gasteiger partial charge in [0.2, 0.25) is 5.95 Å². The molecule has 4 aromatic rings. The smallest absolute Gasteiger partial charge is 0.226 e.